The molecule has 0 aromatic rings. The second kappa shape index (κ2) is 5.21. The summed E-state index contributed by atoms with van der Waals surface area (Å²) in [5.74, 6) is -1.21. The fourth-order valence-corrected chi connectivity index (χ4v) is 2.02. The number of carbonyl (C=O) groups excluding carboxylic acids is 2. The van der Waals surface area contributed by atoms with Crippen molar-refractivity contribution >= 4 is 17.9 Å². The van der Waals surface area contributed by atoms with Gasteiger partial charge in [-0.1, -0.05) is 0 Å². The van der Waals surface area contributed by atoms with E-state index in [0.717, 1.165) is 0 Å². The van der Waals surface area contributed by atoms with Gasteiger partial charge in [0.25, 0.3) is 0 Å². The van der Waals surface area contributed by atoms with Crippen LogP contribution < -0.4 is 10.6 Å². The van der Waals surface area contributed by atoms with Gasteiger partial charge < -0.3 is 25.4 Å². The van der Waals surface area contributed by atoms with Gasteiger partial charge >= 0.3 is 12.0 Å². The van der Waals surface area contributed by atoms with E-state index < -0.39 is 18.0 Å². The molecule has 2 saturated heterocycles. The van der Waals surface area contributed by atoms with Gasteiger partial charge in [0, 0.05) is 19.5 Å². The molecule has 3 N–H and O–H groups in total. The van der Waals surface area contributed by atoms with Crippen LogP contribution in [0.3, 0.4) is 0 Å². The van der Waals surface area contributed by atoms with Gasteiger partial charge in [-0.25, -0.2) is 9.59 Å². The highest BCUT2D eigenvalue weighted by Gasteiger charge is 2.34. The second-order valence-electron chi connectivity index (χ2n) is 4.28. The SMILES string of the molecule is O=C1CC(NC(=O)N2CCOCC2C(=O)O)CN1. The molecule has 8 nitrogen and oxygen atoms in total. The Labute approximate surface area is 103 Å². The summed E-state index contributed by atoms with van der Waals surface area (Å²) in [5, 5.41) is 14.2. The van der Waals surface area contributed by atoms with Crippen LogP contribution in [0.5, 0.6) is 0 Å². The molecule has 2 atom stereocenters. The zero-order valence-corrected chi connectivity index (χ0v) is 9.72. The fraction of sp³-hybridized carbons (Fsp3) is 0.700. The summed E-state index contributed by atoms with van der Waals surface area (Å²) < 4.78 is 5.04. The monoisotopic (exact) mass is 257 g/mol. The first-order valence-electron chi connectivity index (χ1n) is 5.72. The van der Waals surface area contributed by atoms with Crippen molar-refractivity contribution in [2.24, 2.45) is 0 Å². The zero-order chi connectivity index (χ0) is 13.1. The van der Waals surface area contributed by atoms with Gasteiger partial charge in [-0.15, -0.1) is 0 Å². The minimum absolute atomic E-state index is 0.00932. The first-order chi connectivity index (χ1) is 8.58. The normalized spacial score (nSPS) is 27.8. The molecule has 0 aromatic heterocycles. The van der Waals surface area contributed by atoms with Crippen LogP contribution in [0.1, 0.15) is 6.42 Å². The number of nitrogens with one attached hydrogen (secondary N) is 2. The predicted octanol–water partition coefficient (Wildman–Crippen LogP) is -1.63. The molecule has 100 valence electrons. The average molecular weight is 257 g/mol. The molecule has 18 heavy (non-hydrogen) atoms. The Kier molecular flexibility index (Phi) is 3.66. The Morgan fingerprint density at radius 3 is 2.89 bits per heavy atom. The number of hydrogen-bond acceptors (Lipinski definition) is 4. The van der Waals surface area contributed by atoms with Crippen molar-refractivity contribution in [3.05, 3.63) is 0 Å². The van der Waals surface area contributed by atoms with Crippen molar-refractivity contribution in [1.82, 2.24) is 15.5 Å². The number of rotatable bonds is 2. The van der Waals surface area contributed by atoms with E-state index in [9.17, 15) is 14.4 Å². The van der Waals surface area contributed by atoms with Crippen LogP contribution in [-0.4, -0.2) is 66.3 Å². The van der Waals surface area contributed by atoms with Crippen LogP contribution in [0.4, 0.5) is 4.79 Å². The maximum Gasteiger partial charge on any atom is 0.328 e. The number of hydrogen-bond donors (Lipinski definition) is 3. The maximum absolute atomic E-state index is 11.9. The number of morpholine rings is 1. The average Bonchev–Trinajstić information content (AvgIpc) is 2.74. The van der Waals surface area contributed by atoms with E-state index in [0.29, 0.717) is 13.2 Å². The van der Waals surface area contributed by atoms with Crippen molar-refractivity contribution in [1.29, 1.82) is 0 Å². The van der Waals surface area contributed by atoms with Crippen molar-refractivity contribution in [2.45, 2.75) is 18.5 Å². The highest BCUT2D eigenvalue weighted by molar-refractivity contribution is 5.84. The summed E-state index contributed by atoms with van der Waals surface area (Å²) >= 11 is 0. The molecule has 0 aliphatic carbocycles. The standard InChI is InChI=1S/C10H15N3O5/c14-8-3-6(4-11-8)12-10(17)13-1-2-18-5-7(13)9(15)16/h6-7H,1-5H2,(H,11,14)(H,12,17)(H,15,16). The van der Waals surface area contributed by atoms with Gasteiger partial charge in [0.1, 0.15) is 0 Å². The Hall–Kier alpha value is -1.83. The van der Waals surface area contributed by atoms with Gasteiger partial charge in [0.15, 0.2) is 6.04 Å². The van der Waals surface area contributed by atoms with Crippen molar-refractivity contribution in [3.8, 4) is 0 Å². The van der Waals surface area contributed by atoms with Gasteiger partial charge in [-0.3, -0.25) is 4.79 Å². The first-order valence-corrected chi connectivity index (χ1v) is 5.72. The molecule has 8 heteroatoms. The number of urea groups is 1. The van der Waals surface area contributed by atoms with E-state index in [-0.39, 0.29) is 31.5 Å². The Morgan fingerprint density at radius 1 is 1.50 bits per heavy atom. The zero-order valence-electron chi connectivity index (χ0n) is 9.72. The van der Waals surface area contributed by atoms with E-state index in [2.05, 4.69) is 10.6 Å². The third-order valence-corrected chi connectivity index (χ3v) is 2.98. The van der Waals surface area contributed by atoms with Crippen molar-refractivity contribution < 1.29 is 24.2 Å². The molecule has 0 spiro atoms. The fourth-order valence-electron chi connectivity index (χ4n) is 2.02. The molecule has 2 heterocycles. The Bertz CT molecular complexity index is 373. The lowest BCUT2D eigenvalue weighted by Gasteiger charge is -2.33. The largest absolute Gasteiger partial charge is 0.480 e. The van der Waals surface area contributed by atoms with Gasteiger partial charge in [0.2, 0.25) is 5.91 Å². The van der Waals surface area contributed by atoms with Crippen molar-refractivity contribution in [3.63, 3.8) is 0 Å². The topological polar surface area (TPSA) is 108 Å². The maximum atomic E-state index is 11.9. The third-order valence-electron chi connectivity index (χ3n) is 2.98. The van der Waals surface area contributed by atoms with Crippen LogP contribution in [0, 0.1) is 0 Å². The van der Waals surface area contributed by atoms with E-state index in [1.807, 2.05) is 0 Å². The molecule has 2 aliphatic rings. The molecule has 0 saturated carbocycles. The highest BCUT2D eigenvalue weighted by atomic mass is 16.5. The molecule has 0 radical (unpaired) electrons. The number of ether oxygens (including phenoxy) is 1. The molecule has 2 unspecified atom stereocenters. The van der Waals surface area contributed by atoms with E-state index in [1.165, 1.54) is 4.90 Å². The Morgan fingerprint density at radius 2 is 2.28 bits per heavy atom. The molecule has 0 aromatic carbocycles. The minimum atomic E-state index is -1.09. The smallest absolute Gasteiger partial charge is 0.328 e. The Balaban J connectivity index is 1.94. The number of amides is 3. The number of carbonyl (C=O) groups is 3. The summed E-state index contributed by atoms with van der Waals surface area (Å²) in [7, 11) is 0. The van der Waals surface area contributed by atoms with E-state index in [1.54, 1.807) is 0 Å². The lowest BCUT2D eigenvalue weighted by molar-refractivity contribution is -0.147. The molecule has 3 amide bonds. The summed E-state index contributed by atoms with van der Waals surface area (Å²) in [6.45, 7) is 0.924. The minimum Gasteiger partial charge on any atom is -0.480 e. The quantitative estimate of drug-likeness (QED) is 0.550. The van der Waals surface area contributed by atoms with E-state index >= 15 is 0 Å². The molecule has 2 aliphatic heterocycles. The summed E-state index contributed by atoms with van der Waals surface area (Å²) in [6.07, 6.45) is 0.230. The molecule has 0 bridgehead atoms. The molecule has 2 rings (SSSR count). The van der Waals surface area contributed by atoms with Gasteiger partial charge in [-0.05, 0) is 0 Å². The van der Waals surface area contributed by atoms with Crippen LogP contribution in [0.15, 0.2) is 0 Å². The van der Waals surface area contributed by atoms with Crippen molar-refractivity contribution in [2.75, 3.05) is 26.3 Å². The first kappa shape index (κ1) is 12.6. The number of aliphatic carboxylic acids is 1. The van der Waals surface area contributed by atoms with Crippen LogP contribution >= 0.6 is 0 Å². The highest BCUT2D eigenvalue weighted by Crippen LogP contribution is 2.09. The van der Waals surface area contributed by atoms with Crippen LogP contribution in [-0.2, 0) is 14.3 Å². The molecular weight excluding hydrogens is 242 g/mol. The second-order valence-corrected chi connectivity index (χ2v) is 4.28. The van der Waals surface area contributed by atoms with Gasteiger partial charge in [-0.2, -0.15) is 0 Å². The lowest BCUT2D eigenvalue weighted by Crippen LogP contribution is -2.57. The molecule has 2 fully saturated rings. The van der Waals surface area contributed by atoms with Crippen LogP contribution in [0.25, 0.3) is 0 Å². The third kappa shape index (κ3) is 2.70. The lowest BCUT2D eigenvalue weighted by atomic mass is 10.2. The number of carboxylic acids is 1. The number of carboxylic acid groups (broad SMARTS) is 1. The number of nitrogens with zero attached hydrogens (tertiary/aromatic N) is 1. The van der Waals surface area contributed by atoms with Gasteiger partial charge in [0.05, 0.1) is 19.3 Å². The summed E-state index contributed by atoms with van der Waals surface area (Å²) in [6, 6.07) is -1.71. The van der Waals surface area contributed by atoms with E-state index in [4.69, 9.17) is 9.84 Å². The summed E-state index contributed by atoms with van der Waals surface area (Å²) in [4.78, 5) is 35.1. The summed E-state index contributed by atoms with van der Waals surface area (Å²) in [5.41, 5.74) is 0. The van der Waals surface area contributed by atoms with Crippen LogP contribution in [0.2, 0.25) is 0 Å². The predicted molar refractivity (Wildman–Crippen MR) is 58.9 cm³/mol. The molecular formula is C10H15N3O5.